The van der Waals surface area contributed by atoms with Crippen LogP contribution in [0.4, 0.5) is 0 Å². The van der Waals surface area contributed by atoms with E-state index in [1.807, 2.05) is 24.3 Å². The lowest BCUT2D eigenvalue weighted by Crippen LogP contribution is -2.43. The van der Waals surface area contributed by atoms with Crippen molar-refractivity contribution in [2.45, 2.75) is 154 Å². The van der Waals surface area contributed by atoms with E-state index >= 15 is 0 Å². The molecule has 2 unspecified atom stereocenters. The van der Waals surface area contributed by atoms with Gasteiger partial charge in [-0.25, -0.2) is 4.57 Å². The van der Waals surface area contributed by atoms with Gasteiger partial charge in [0, 0.05) is 31.7 Å². The van der Waals surface area contributed by atoms with Crippen LogP contribution in [0.15, 0.2) is 97.2 Å². The minimum absolute atomic E-state index is 0.00571. The van der Waals surface area contributed by atoms with E-state index in [2.05, 4.69) is 74.6 Å². The molecule has 0 radical (unpaired) electrons. The molecule has 13 nitrogen and oxygen atoms in total. The molecule has 1 saturated heterocycles. The second-order valence-corrected chi connectivity index (χ2v) is 16.2. The molecule has 61 heavy (non-hydrogen) atoms. The molecule has 0 saturated carbocycles. The van der Waals surface area contributed by atoms with Gasteiger partial charge < -0.3 is 40.2 Å². The normalized spacial score (nSPS) is 21.0. The number of carbonyl (C=O) groups is 2. The molecule has 0 aromatic heterocycles. The number of aliphatic hydroxyl groups excluding tert-OH is 3. The van der Waals surface area contributed by atoms with Crippen LogP contribution in [0.1, 0.15) is 123 Å². The maximum atomic E-state index is 12.7. The minimum Gasteiger partial charge on any atom is -0.462 e. The SMILES string of the molecule is CC/C=C\C/C=C\C/C=C\C/C=C\C/C=C\C/C=C\CCC(=O)OC[C@H](COP(=O)(O)OCCN)OC(=O)CCC/C=C\C[C@H]1[C@@H](O)CC(O)O[C@@H]1/C=C/[C@@H](O)CCCCC. The van der Waals surface area contributed by atoms with Gasteiger partial charge in [0.05, 0.1) is 31.5 Å². The van der Waals surface area contributed by atoms with Crippen LogP contribution in [0.3, 0.4) is 0 Å². The summed E-state index contributed by atoms with van der Waals surface area (Å²) in [6.07, 6.45) is 39.3. The fourth-order valence-electron chi connectivity index (χ4n) is 5.93. The Labute approximate surface area is 365 Å². The number of nitrogens with two attached hydrogens (primary N) is 1. The quantitative estimate of drug-likeness (QED) is 0.0175. The third kappa shape index (κ3) is 32.2. The molecule has 0 aromatic carbocycles. The second kappa shape index (κ2) is 37.3. The zero-order valence-corrected chi connectivity index (χ0v) is 37.5. The van der Waals surface area contributed by atoms with Crippen molar-refractivity contribution in [2.75, 3.05) is 26.4 Å². The van der Waals surface area contributed by atoms with E-state index in [4.69, 9.17) is 29.0 Å². The highest BCUT2D eigenvalue weighted by molar-refractivity contribution is 7.47. The number of aliphatic hydroxyl groups is 3. The Morgan fingerprint density at radius 3 is 1.98 bits per heavy atom. The highest BCUT2D eigenvalue weighted by Gasteiger charge is 2.35. The first-order chi connectivity index (χ1) is 29.5. The van der Waals surface area contributed by atoms with E-state index in [1.165, 1.54) is 0 Å². The molecule has 0 aromatic rings. The summed E-state index contributed by atoms with van der Waals surface area (Å²) in [6.45, 7) is 3.08. The van der Waals surface area contributed by atoms with Crippen molar-refractivity contribution in [3.05, 3.63) is 97.2 Å². The fraction of sp³-hybridized carbons (Fsp3) is 0.617. The Bertz CT molecular complexity index is 1440. The van der Waals surface area contributed by atoms with Crippen molar-refractivity contribution in [2.24, 2.45) is 11.7 Å². The molecule has 14 heteroatoms. The van der Waals surface area contributed by atoms with E-state index in [0.29, 0.717) is 32.1 Å². The third-order valence-electron chi connectivity index (χ3n) is 9.26. The summed E-state index contributed by atoms with van der Waals surface area (Å²) in [6, 6.07) is 0. The number of rotatable bonds is 35. The number of phosphoric acid groups is 1. The summed E-state index contributed by atoms with van der Waals surface area (Å²) in [5, 5.41) is 31.0. The van der Waals surface area contributed by atoms with Crippen LogP contribution in [-0.4, -0.2) is 89.2 Å². The number of esters is 2. The highest BCUT2D eigenvalue weighted by atomic mass is 31.2. The first-order valence-electron chi connectivity index (χ1n) is 22.1. The zero-order valence-electron chi connectivity index (χ0n) is 36.6. The maximum absolute atomic E-state index is 12.7. The van der Waals surface area contributed by atoms with Crippen LogP contribution >= 0.6 is 7.82 Å². The van der Waals surface area contributed by atoms with Gasteiger partial charge in [-0.1, -0.05) is 130 Å². The summed E-state index contributed by atoms with van der Waals surface area (Å²) in [5.41, 5.74) is 5.34. The predicted octanol–water partition coefficient (Wildman–Crippen LogP) is 8.71. The van der Waals surface area contributed by atoms with Crippen LogP contribution in [0.5, 0.6) is 0 Å². The molecule has 7 atom stereocenters. The number of unbranched alkanes of at least 4 members (excludes halogenated alkanes) is 3. The van der Waals surface area contributed by atoms with Gasteiger partial charge >= 0.3 is 19.8 Å². The molecule has 1 heterocycles. The summed E-state index contributed by atoms with van der Waals surface area (Å²) in [7, 11) is -4.48. The van der Waals surface area contributed by atoms with Gasteiger partial charge in [0.15, 0.2) is 12.4 Å². The number of hydrogen-bond acceptors (Lipinski definition) is 12. The summed E-state index contributed by atoms with van der Waals surface area (Å²) >= 11 is 0. The lowest BCUT2D eigenvalue weighted by molar-refractivity contribution is -0.199. The van der Waals surface area contributed by atoms with E-state index in [0.717, 1.165) is 57.8 Å². The molecule has 1 rings (SSSR count). The van der Waals surface area contributed by atoms with E-state index in [-0.39, 0.29) is 44.9 Å². The van der Waals surface area contributed by atoms with Gasteiger partial charge in [-0.15, -0.1) is 0 Å². The lowest BCUT2D eigenvalue weighted by Gasteiger charge is -2.36. The maximum Gasteiger partial charge on any atom is 0.472 e. The second-order valence-electron chi connectivity index (χ2n) is 14.7. The Hall–Kier alpha value is -3.23. The first-order valence-corrected chi connectivity index (χ1v) is 23.6. The summed E-state index contributed by atoms with van der Waals surface area (Å²) in [5.74, 6) is -1.46. The predicted molar refractivity (Wildman–Crippen MR) is 241 cm³/mol. The van der Waals surface area contributed by atoms with Crippen molar-refractivity contribution >= 4 is 19.8 Å². The van der Waals surface area contributed by atoms with Crippen molar-refractivity contribution < 1.29 is 57.6 Å². The van der Waals surface area contributed by atoms with Crippen molar-refractivity contribution in [3.8, 4) is 0 Å². The third-order valence-corrected chi connectivity index (χ3v) is 10.2. The van der Waals surface area contributed by atoms with Crippen LogP contribution < -0.4 is 5.73 Å². The Morgan fingerprint density at radius 2 is 1.38 bits per heavy atom. The fourth-order valence-corrected chi connectivity index (χ4v) is 6.70. The Morgan fingerprint density at radius 1 is 0.770 bits per heavy atom. The number of ether oxygens (including phenoxy) is 3. The molecule has 0 amide bonds. The van der Waals surface area contributed by atoms with E-state index in [1.54, 1.807) is 12.2 Å². The topological polar surface area (TPSA) is 204 Å². The Balaban J connectivity index is 2.49. The summed E-state index contributed by atoms with van der Waals surface area (Å²) < 4.78 is 38.3. The van der Waals surface area contributed by atoms with Crippen LogP contribution in [0, 0.1) is 5.92 Å². The molecule has 1 aliphatic rings. The first kappa shape index (κ1) is 55.8. The van der Waals surface area contributed by atoms with Crippen LogP contribution in [-0.2, 0) is 37.4 Å². The van der Waals surface area contributed by atoms with Crippen molar-refractivity contribution in [1.82, 2.24) is 0 Å². The van der Waals surface area contributed by atoms with Crippen LogP contribution in [0.2, 0.25) is 0 Å². The van der Waals surface area contributed by atoms with E-state index in [9.17, 15) is 34.4 Å². The molecule has 0 bridgehead atoms. The number of hydrogen-bond donors (Lipinski definition) is 5. The van der Waals surface area contributed by atoms with Crippen LogP contribution in [0.25, 0.3) is 0 Å². The van der Waals surface area contributed by atoms with Gasteiger partial charge in [-0.3, -0.25) is 18.6 Å². The Kier molecular flexibility index (Phi) is 34.1. The standard InChI is InChI=1S/C47H76NO12P/c1-3-5-7-8-9-10-11-12-13-14-15-16-17-18-19-20-21-22-27-31-45(51)56-38-41(39-58-61(54,55)57-36-35-48)59-46(52)32-28-24-23-26-30-42-43(50)37-47(53)60-44(42)34-33-40(49)29-25-6-4-2/h5,7,9-10,12-13,15-16,18-19,21-23,26,33-34,40-44,47,49-50,53H,3-4,6,8,11,14,17,20,24-25,27-32,35-39,48H2,1-2H3,(H,54,55)/b7-5-,10-9-,13-12-,16-15-,19-18-,22-21-,26-23-,34-33+/t40-,41+,42-,43-,44+,47?/m0/s1. The zero-order chi connectivity index (χ0) is 44.8. The average Bonchev–Trinajstić information content (AvgIpc) is 3.23. The lowest BCUT2D eigenvalue weighted by atomic mass is 9.87. The largest absolute Gasteiger partial charge is 0.472 e. The van der Waals surface area contributed by atoms with Gasteiger partial charge in [-0.2, -0.15) is 0 Å². The number of carbonyl (C=O) groups excluding carboxylic acids is 2. The average molecular weight is 878 g/mol. The summed E-state index contributed by atoms with van der Waals surface area (Å²) in [4.78, 5) is 35.1. The molecular formula is C47H76NO12P. The van der Waals surface area contributed by atoms with Crippen molar-refractivity contribution in [1.29, 1.82) is 0 Å². The number of phosphoric ester groups is 1. The molecular weight excluding hydrogens is 801 g/mol. The van der Waals surface area contributed by atoms with E-state index < -0.39 is 57.1 Å². The van der Waals surface area contributed by atoms with Gasteiger partial charge in [0.25, 0.3) is 0 Å². The van der Waals surface area contributed by atoms with Gasteiger partial charge in [0.1, 0.15) is 6.61 Å². The molecule has 1 fully saturated rings. The molecule has 346 valence electrons. The number of allylic oxidation sites excluding steroid dienone is 14. The molecule has 0 aliphatic carbocycles. The molecule has 1 aliphatic heterocycles. The van der Waals surface area contributed by atoms with Gasteiger partial charge in [-0.05, 0) is 70.6 Å². The monoisotopic (exact) mass is 878 g/mol. The smallest absolute Gasteiger partial charge is 0.462 e. The molecule has 0 spiro atoms. The van der Waals surface area contributed by atoms with Crippen molar-refractivity contribution in [3.63, 3.8) is 0 Å². The van der Waals surface area contributed by atoms with Gasteiger partial charge in [0.2, 0.25) is 0 Å². The minimum atomic E-state index is -4.48. The highest BCUT2D eigenvalue weighted by Crippen LogP contribution is 2.43. The molecule has 6 N–H and O–H groups in total.